The summed E-state index contributed by atoms with van der Waals surface area (Å²) in [4.78, 5) is 21.4. The van der Waals surface area contributed by atoms with E-state index < -0.39 is 6.29 Å². The molecule has 1 aliphatic heterocycles. The Labute approximate surface area is 176 Å². The van der Waals surface area contributed by atoms with Crippen LogP contribution in [-0.2, 0) is 19.9 Å². The third-order valence-electron chi connectivity index (χ3n) is 5.45. The Kier molecular flexibility index (Phi) is 4.38. The van der Waals surface area contributed by atoms with Crippen LogP contribution in [0.5, 0.6) is 11.5 Å². The van der Waals surface area contributed by atoms with Crippen molar-refractivity contribution in [3.05, 3.63) is 47.0 Å². The maximum absolute atomic E-state index is 13.3. The first kappa shape index (κ1) is 19.4. The molecule has 1 N–H and O–H groups in total. The van der Waals surface area contributed by atoms with E-state index >= 15 is 0 Å². The first-order valence-corrected chi connectivity index (χ1v) is 9.90. The van der Waals surface area contributed by atoms with E-state index in [1.54, 1.807) is 18.7 Å². The fourth-order valence-corrected chi connectivity index (χ4v) is 4.05. The van der Waals surface area contributed by atoms with Gasteiger partial charge in [0.2, 0.25) is 0 Å². The topological polar surface area (TPSA) is 91.2 Å². The Bertz CT molecular complexity index is 1190. The zero-order valence-corrected chi connectivity index (χ0v) is 16.9. The molecule has 0 saturated heterocycles. The Morgan fingerprint density at radius 1 is 1.13 bits per heavy atom. The van der Waals surface area contributed by atoms with E-state index in [4.69, 9.17) is 0 Å². The molecule has 0 radical (unpaired) electrons. The van der Waals surface area contributed by atoms with Crippen LogP contribution in [0.1, 0.15) is 40.2 Å². The number of hydrogen-bond donors (Lipinski definition) is 1. The van der Waals surface area contributed by atoms with Gasteiger partial charge in [-0.25, -0.2) is 4.98 Å². The molecule has 3 aromatic rings. The molecule has 10 heteroatoms. The second kappa shape index (κ2) is 7.00. The maximum Gasteiger partial charge on any atom is 0.586 e. The second-order valence-electron chi connectivity index (χ2n) is 7.63. The maximum atomic E-state index is 13.3. The van der Waals surface area contributed by atoms with E-state index in [-0.39, 0.29) is 23.2 Å². The lowest BCUT2D eigenvalue weighted by atomic mass is 9.95. The van der Waals surface area contributed by atoms with Gasteiger partial charge in [0.05, 0.1) is 23.8 Å². The van der Waals surface area contributed by atoms with Crippen molar-refractivity contribution in [2.75, 3.05) is 5.32 Å². The quantitative estimate of drug-likeness (QED) is 0.686. The average molecular weight is 427 g/mol. The molecule has 5 rings (SSSR count). The van der Waals surface area contributed by atoms with Crippen LogP contribution in [0.25, 0.3) is 11.3 Å². The van der Waals surface area contributed by atoms with Crippen LogP contribution in [0.4, 0.5) is 14.6 Å². The molecule has 0 unspecified atom stereocenters. The molecule has 3 heterocycles. The predicted octanol–water partition coefficient (Wildman–Crippen LogP) is 3.64. The Morgan fingerprint density at radius 2 is 1.87 bits per heavy atom. The molecule has 0 atom stereocenters. The molecule has 31 heavy (non-hydrogen) atoms. The monoisotopic (exact) mass is 427 g/mol. The van der Waals surface area contributed by atoms with Crippen molar-refractivity contribution in [2.45, 2.75) is 38.9 Å². The number of amides is 1. The van der Waals surface area contributed by atoms with E-state index in [1.807, 2.05) is 0 Å². The fraction of sp³-hybridized carbons (Fsp3) is 0.333. The van der Waals surface area contributed by atoms with Crippen LogP contribution in [0.15, 0.2) is 24.5 Å². The molecule has 1 aliphatic carbocycles. The third kappa shape index (κ3) is 3.47. The van der Waals surface area contributed by atoms with Gasteiger partial charge in [0, 0.05) is 18.2 Å². The second-order valence-corrected chi connectivity index (χ2v) is 7.63. The first-order valence-electron chi connectivity index (χ1n) is 9.90. The number of hydrogen-bond acceptors (Lipinski definition) is 6. The molecule has 0 saturated carbocycles. The average Bonchev–Trinajstić information content (AvgIpc) is 3.21. The molecule has 160 valence electrons. The first-order chi connectivity index (χ1) is 14.8. The van der Waals surface area contributed by atoms with Crippen molar-refractivity contribution >= 4 is 11.7 Å². The molecule has 8 nitrogen and oxygen atoms in total. The molecule has 0 fully saturated rings. The molecule has 0 spiro atoms. The lowest BCUT2D eigenvalue weighted by Crippen LogP contribution is -2.25. The summed E-state index contributed by atoms with van der Waals surface area (Å²) in [5, 5.41) is 7.22. The van der Waals surface area contributed by atoms with E-state index in [0.29, 0.717) is 22.5 Å². The summed E-state index contributed by atoms with van der Waals surface area (Å²) in [6.07, 6.45) is 3.04. The SMILES string of the molecule is Cc1cc2c(cc1-c1cnc(NC(=O)c3c4c(nn3C)CCCC4)cn1)OC(F)(F)O2. The van der Waals surface area contributed by atoms with Crippen molar-refractivity contribution in [1.29, 1.82) is 0 Å². The van der Waals surface area contributed by atoms with Gasteiger partial charge in [-0.05, 0) is 50.3 Å². The number of anilines is 1. The van der Waals surface area contributed by atoms with Crippen molar-refractivity contribution < 1.29 is 23.0 Å². The summed E-state index contributed by atoms with van der Waals surface area (Å²) in [5.41, 5.74) is 4.20. The van der Waals surface area contributed by atoms with E-state index in [2.05, 4.69) is 29.9 Å². The zero-order valence-electron chi connectivity index (χ0n) is 16.9. The fourth-order valence-electron chi connectivity index (χ4n) is 4.05. The summed E-state index contributed by atoms with van der Waals surface area (Å²) in [5.74, 6) is -0.0977. The molecular weight excluding hydrogens is 408 g/mol. The molecule has 1 aromatic carbocycles. The van der Waals surface area contributed by atoms with Crippen molar-refractivity contribution in [2.24, 2.45) is 7.05 Å². The number of fused-ring (bicyclic) bond motifs is 2. The number of nitrogens with zero attached hydrogens (tertiary/aromatic N) is 4. The van der Waals surface area contributed by atoms with Crippen molar-refractivity contribution in [3.8, 4) is 22.8 Å². The van der Waals surface area contributed by atoms with Gasteiger partial charge in [-0.2, -0.15) is 5.10 Å². The molecule has 1 amide bonds. The highest BCUT2D eigenvalue weighted by Crippen LogP contribution is 2.44. The summed E-state index contributed by atoms with van der Waals surface area (Å²) in [6, 6.07) is 2.91. The van der Waals surface area contributed by atoms with E-state index in [1.165, 1.54) is 24.5 Å². The molecule has 2 aliphatic rings. The van der Waals surface area contributed by atoms with Gasteiger partial charge in [0.15, 0.2) is 17.3 Å². The number of ether oxygens (including phenoxy) is 2. The van der Waals surface area contributed by atoms with Gasteiger partial charge >= 0.3 is 6.29 Å². The standard InChI is InChI=1S/C21H19F2N5O3/c1-11-7-16-17(31-21(22,23)30-16)8-13(11)15-9-25-18(10-24-15)26-20(29)19-12-5-3-4-6-14(12)27-28(19)2/h7-10H,3-6H2,1-2H3,(H,25,26,29). The Balaban J connectivity index is 1.37. The highest BCUT2D eigenvalue weighted by Gasteiger charge is 2.43. The highest BCUT2D eigenvalue weighted by atomic mass is 19.3. The number of aryl methyl sites for hydroxylation is 3. The smallest absolute Gasteiger partial charge is 0.395 e. The van der Waals surface area contributed by atoms with Crippen LogP contribution in [-0.4, -0.2) is 32.0 Å². The molecular formula is C21H19F2N5O3. The van der Waals surface area contributed by atoms with E-state index in [0.717, 1.165) is 36.9 Å². The predicted molar refractivity (Wildman–Crippen MR) is 106 cm³/mol. The Morgan fingerprint density at radius 3 is 2.61 bits per heavy atom. The number of nitrogens with one attached hydrogen (secondary N) is 1. The number of rotatable bonds is 3. The van der Waals surface area contributed by atoms with Crippen LogP contribution in [0.2, 0.25) is 0 Å². The minimum atomic E-state index is -3.68. The minimum absolute atomic E-state index is 0.0254. The molecule has 0 bridgehead atoms. The number of alkyl halides is 2. The van der Waals surface area contributed by atoms with Crippen molar-refractivity contribution in [3.63, 3.8) is 0 Å². The van der Waals surface area contributed by atoms with Gasteiger partial charge in [-0.3, -0.25) is 14.5 Å². The van der Waals surface area contributed by atoms with Crippen LogP contribution >= 0.6 is 0 Å². The van der Waals surface area contributed by atoms with Gasteiger partial charge in [-0.15, -0.1) is 8.78 Å². The lowest BCUT2D eigenvalue weighted by Gasteiger charge is -2.11. The summed E-state index contributed by atoms with van der Waals surface area (Å²) < 4.78 is 37.2. The number of carbonyl (C=O) groups excluding carboxylic acids is 1. The summed E-state index contributed by atoms with van der Waals surface area (Å²) in [7, 11) is 1.76. The van der Waals surface area contributed by atoms with Crippen LogP contribution in [0.3, 0.4) is 0 Å². The van der Waals surface area contributed by atoms with E-state index in [9.17, 15) is 13.6 Å². The van der Waals surface area contributed by atoms with Gasteiger partial charge in [-0.1, -0.05) is 0 Å². The number of carbonyl (C=O) groups is 1. The third-order valence-corrected chi connectivity index (χ3v) is 5.45. The zero-order chi connectivity index (χ0) is 21.8. The van der Waals surface area contributed by atoms with Crippen LogP contribution in [0, 0.1) is 6.92 Å². The van der Waals surface area contributed by atoms with Crippen LogP contribution < -0.4 is 14.8 Å². The number of aromatic nitrogens is 4. The lowest BCUT2D eigenvalue weighted by molar-refractivity contribution is -0.286. The number of benzene rings is 1. The minimum Gasteiger partial charge on any atom is -0.395 e. The summed E-state index contributed by atoms with van der Waals surface area (Å²) in [6.45, 7) is 1.75. The molecule has 2 aromatic heterocycles. The highest BCUT2D eigenvalue weighted by molar-refractivity contribution is 6.03. The largest absolute Gasteiger partial charge is 0.586 e. The Hall–Kier alpha value is -3.56. The summed E-state index contributed by atoms with van der Waals surface area (Å²) >= 11 is 0. The number of halogens is 2. The van der Waals surface area contributed by atoms with Gasteiger partial charge < -0.3 is 14.8 Å². The van der Waals surface area contributed by atoms with Crippen molar-refractivity contribution in [1.82, 2.24) is 19.7 Å². The normalized spacial score (nSPS) is 16.1. The van der Waals surface area contributed by atoms with Gasteiger partial charge in [0.1, 0.15) is 5.69 Å². The van der Waals surface area contributed by atoms with Gasteiger partial charge in [0.25, 0.3) is 5.91 Å².